The van der Waals surface area contributed by atoms with Crippen molar-refractivity contribution in [3.8, 4) is 0 Å². The molecule has 1 amide bonds. The number of oxazole rings is 1. The first-order valence-corrected chi connectivity index (χ1v) is 7.54. The highest BCUT2D eigenvalue weighted by Gasteiger charge is 2.42. The van der Waals surface area contributed by atoms with E-state index in [2.05, 4.69) is 5.32 Å². The average molecular weight is 318 g/mol. The molecule has 1 aliphatic rings. The minimum absolute atomic E-state index is 0.0370. The molecule has 7 heteroatoms. The molecule has 2 aromatic rings. The lowest BCUT2D eigenvalue weighted by Crippen LogP contribution is -2.32. The molecule has 0 bridgehead atoms. The maximum atomic E-state index is 12.2. The highest BCUT2D eigenvalue weighted by molar-refractivity contribution is 5.95. The lowest BCUT2D eigenvalue weighted by atomic mass is 9.82. The number of nitrogens with one attached hydrogen (secondary N) is 1. The highest BCUT2D eigenvalue weighted by atomic mass is 16.4. The van der Waals surface area contributed by atoms with E-state index in [1.165, 1.54) is 4.57 Å². The predicted octanol–water partition coefficient (Wildman–Crippen LogP) is 2.11. The van der Waals surface area contributed by atoms with Crippen LogP contribution in [0.4, 0.5) is 5.69 Å². The first kappa shape index (κ1) is 15.3. The monoisotopic (exact) mass is 318 g/mol. The van der Waals surface area contributed by atoms with Gasteiger partial charge in [0.2, 0.25) is 5.91 Å². The second kappa shape index (κ2) is 5.57. The molecule has 1 aromatic carbocycles. The van der Waals surface area contributed by atoms with Crippen molar-refractivity contribution in [2.45, 2.75) is 32.1 Å². The molecule has 0 unspecified atom stereocenters. The van der Waals surface area contributed by atoms with Crippen LogP contribution in [0.2, 0.25) is 0 Å². The van der Waals surface area contributed by atoms with Crippen LogP contribution in [-0.4, -0.2) is 21.6 Å². The molecule has 0 atom stereocenters. The molecule has 0 saturated heterocycles. The van der Waals surface area contributed by atoms with Gasteiger partial charge in [-0.25, -0.2) is 4.79 Å². The van der Waals surface area contributed by atoms with Crippen molar-refractivity contribution in [2.75, 3.05) is 5.32 Å². The molecule has 0 radical (unpaired) electrons. The number of benzene rings is 1. The van der Waals surface area contributed by atoms with Crippen molar-refractivity contribution in [1.29, 1.82) is 0 Å². The van der Waals surface area contributed by atoms with Crippen LogP contribution >= 0.6 is 0 Å². The van der Waals surface area contributed by atoms with Crippen LogP contribution in [0.15, 0.2) is 27.4 Å². The first-order chi connectivity index (χ1) is 10.9. The fourth-order valence-electron chi connectivity index (χ4n) is 3.23. The lowest BCUT2D eigenvalue weighted by molar-refractivity contribution is -0.150. The number of fused-ring (bicyclic) bond motifs is 1. The Hall–Kier alpha value is -2.57. The zero-order chi connectivity index (χ0) is 16.6. The summed E-state index contributed by atoms with van der Waals surface area (Å²) in [5, 5.41) is 12.1. The molecule has 1 fully saturated rings. The van der Waals surface area contributed by atoms with Crippen LogP contribution in [0.3, 0.4) is 0 Å². The van der Waals surface area contributed by atoms with Gasteiger partial charge in [-0.05, 0) is 31.0 Å². The number of carboxylic acid groups (broad SMARTS) is 1. The quantitative estimate of drug-likeness (QED) is 0.899. The number of hydrogen-bond acceptors (Lipinski definition) is 4. The number of carbonyl (C=O) groups excluding carboxylic acids is 1. The summed E-state index contributed by atoms with van der Waals surface area (Å²) in [7, 11) is 1.58. The molecule has 0 spiro atoms. The lowest BCUT2D eigenvalue weighted by Gasteiger charge is -2.22. The number of amides is 1. The number of aryl methyl sites for hydroxylation is 1. The van der Waals surface area contributed by atoms with Crippen molar-refractivity contribution in [3.63, 3.8) is 0 Å². The summed E-state index contributed by atoms with van der Waals surface area (Å²) in [6, 6.07) is 4.88. The summed E-state index contributed by atoms with van der Waals surface area (Å²) in [5.74, 6) is -1.71. The van der Waals surface area contributed by atoms with Crippen molar-refractivity contribution in [1.82, 2.24) is 4.57 Å². The van der Waals surface area contributed by atoms with Crippen molar-refractivity contribution >= 4 is 28.7 Å². The Bertz CT molecular complexity index is 827. The molecule has 23 heavy (non-hydrogen) atoms. The maximum Gasteiger partial charge on any atom is 0.419 e. The summed E-state index contributed by atoms with van der Waals surface area (Å²) in [6.45, 7) is 0. The van der Waals surface area contributed by atoms with Gasteiger partial charge >= 0.3 is 11.7 Å². The van der Waals surface area contributed by atoms with Gasteiger partial charge in [0.05, 0.1) is 10.9 Å². The van der Waals surface area contributed by atoms with Gasteiger partial charge in [0.25, 0.3) is 0 Å². The van der Waals surface area contributed by atoms with Crippen LogP contribution in [0.5, 0.6) is 0 Å². The fourth-order valence-corrected chi connectivity index (χ4v) is 3.23. The number of aliphatic carboxylic acids is 1. The number of hydrogen-bond donors (Lipinski definition) is 2. The fraction of sp³-hybridized carbons (Fsp3) is 0.438. The van der Waals surface area contributed by atoms with Crippen LogP contribution in [0, 0.1) is 5.41 Å². The van der Waals surface area contributed by atoms with E-state index >= 15 is 0 Å². The third-order valence-electron chi connectivity index (χ3n) is 4.59. The van der Waals surface area contributed by atoms with Crippen LogP contribution < -0.4 is 11.1 Å². The molecule has 1 saturated carbocycles. The standard InChI is InChI=1S/C16H18N2O5/c1-18-11-8-10(4-5-12(11)23-15(18)22)17-13(19)9-16(14(20)21)6-2-3-7-16/h4-5,8H,2-3,6-7,9H2,1H3,(H,17,19)(H,20,21). The van der Waals surface area contributed by atoms with E-state index in [4.69, 9.17) is 4.42 Å². The normalized spacial score (nSPS) is 16.6. The summed E-state index contributed by atoms with van der Waals surface area (Å²) >= 11 is 0. The SMILES string of the molecule is Cn1c(=O)oc2ccc(NC(=O)CC3(C(=O)O)CCCC3)cc21. The number of carbonyl (C=O) groups is 2. The molecule has 1 heterocycles. The topological polar surface area (TPSA) is 102 Å². The first-order valence-electron chi connectivity index (χ1n) is 7.54. The number of carboxylic acids is 1. The molecule has 3 rings (SSSR count). The van der Waals surface area contributed by atoms with E-state index in [1.807, 2.05) is 0 Å². The Morgan fingerprint density at radius 1 is 1.35 bits per heavy atom. The van der Waals surface area contributed by atoms with Crippen LogP contribution in [0.25, 0.3) is 11.1 Å². The maximum absolute atomic E-state index is 12.2. The molecule has 122 valence electrons. The average Bonchev–Trinajstić information content (AvgIpc) is 3.07. The van der Waals surface area contributed by atoms with E-state index < -0.39 is 17.1 Å². The van der Waals surface area contributed by atoms with Gasteiger partial charge in [-0.1, -0.05) is 12.8 Å². The molecule has 1 aliphatic carbocycles. The van der Waals surface area contributed by atoms with Gasteiger partial charge in [-0.15, -0.1) is 0 Å². The van der Waals surface area contributed by atoms with Gasteiger partial charge in [0.15, 0.2) is 5.58 Å². The largest absolute Gasteiger partial charge is 0.481 e. The van der Waals surface area contributed by atoms with Gasteiger partial charge in [-0.2, -0.15) is 0 Å². The van der Waals surface area contributed by atoms with Gasteiger partial charge in [-0.3, -0.25) is 14.2 Å². The van der Waals surface area contributed by atoms with E-state index in [-0.39, 0.29) is 12.3 Å². The van der Waals surface area contributed by atoms with Crippen LogP contribution in [-0.2, 0) is 16.6 Å². The molecular formula is C16H18N2O5. The Labute approximate surface area is 131 Å². The number of nitrogens with zero attached hydrogens (tertiary/aromatic N) is 1. The molecule has 2 N–H and O–H groups in total. The molecular weight excluding hydrogens is 300 g/mol. The van der Waals surface area contributed by atoms with Gasteiger partial charge in [0, 0.05) is 19.2 Å². The second-order valence-electron chi connectivity index (χ2n) is 6.13. The van der Waals surface area contributed by atoms with E-state index in [9.17, 15) is 19.5 Å². The zero-order valence-electron chi connectivity index (χ0n) is 12.8. The summed E-state index contributed by atoms with van der Waals surface area (Å²) in [4.78, 5) is 35.2. The van der Waals surface area contributed by atoms with E-state index in [0.717, 1.165) is 12.8 Å². The Balaban J connectivity index is 1.78. The number of anilines is 1. The summed E-state index contributed by atoms with van der Waals surface area (Å²) in [5.41, 5.74) is 0.573. The van der Waals surface area contributed by atoms with Crippen molar-refractivity contribution in [3.05, 3.63) is 28.7 Å². The second-order valence-corrected chi connectivity index (χ2v) is 6.13. The predicted molar refractivity (Wildman–Crippen MR) is 83.2 cm³/mol. The molecule has 1 aromatic heterocycles. The van der Waals surface area contributed by atoms with Crippen molar-refractivity contribution < 1.29 is 19.1 Å². The molecule has 0 aliphatic heterocycles. The summed E-state index contributed by atoms with van der Waals surface area (Å²) in [6.07, 6.45) is 2.70. The Morgan fingerprint density at radius 3 is 2.70 bits per heavy atom. The summed E-state index contributed by atoms with van der Waals surface area (Å²) < 4.78 is 6.38. The zero-order valence-corrected chi connectivity index (χ0v) is 12.8. The minimum atomic E-state index is -0.948. The Morgan fingerprint density at radius 2 is 2.04 bits per heavy atom. The molecule has 7 nitrogen and oxygen atoms in total. The van der Waals surface area contributed by atoms with E-state index in [1.54, 1.807) is 25.2 Å². The number of aromatic nitrogens is 1. The minimum Gasteiger partial charge on any atom is -0.481 e. The smallest absolute Gasteiger partial charge is 0.419 e. The van der Waals surface area contributed by atoms with Crippen molar-refractivity contribution in [2.24, 2.45) is 12.5 Å². The third-order valence-corrected chi connectivity index (χ3v) is 4.59. The third kappa shape index (κ3) is 2.74. The Kier molecular flexibility index (Phi) is 3.71. The van der Waals surface area contributed by atoms with Crippen LogP contribution in [0.1, 0.15) is 32.1 Å². The highest BCUT2D eigenvalue weighted by Crippen LogP contribution is 2.41. The van der Waals surface area contributed by atoms with E-state index in [0.29, 0.717) is 29.6 Å². The van der Waals surface area contributed by atoms with Gasteiger partial charge < -0.3 is 14.8 Å². The number of rotatable bonds is 4. The van der Waals surface area contributed by atoms with Gasteiger partial charge in [0.1, 0.15) is 0 Å².